The lowest BCUT2D eigenvalue weighted by Crippen LogP contribution is -2.37. The fourth-order valence-electron chi connectivity index (χ4n) is 3.15. The molecular formula is C18H21FN2. The highest BCUT2D eigenvalue weighted by Crippen LogP contribution is 2.28. The quantitative estimate of drug-likeness (QED) is 0.938. The summed E-state index contributed by atoms with van der Waals surface area (Å²) in [5, 5.41) is 0. The molecule has 1 atom stereocenters. The molecule has 0 bridgehead atoms. The molecule has 2 nitrogen and oxygen atoms in total. The molecule has 0 saturated carbocycles. The first-order valence-corrected chi connectivity index (χ1v) is 7.46. The maximum atomic E-state index is 13.5. The molecule has 2 aromatic rings. The first kappa shape index (κ1) is 14.2. The van der Waals surface area contributed by atoms with Gasteiger partial charge in [0, 0.05) is 25.7 Å². The minimum atomic E-state index is -0.154. The van der Waals surface area contributed by atoms with Crippen molar-refractivity contribution >= 4 is 0 Å². The molecule has 0 amide bonds. The Morgan fingerprint density at radius 1 is 1.19 bits per heavy atom. The van der Waals surface area contributed by atoms with Crippen LogP contribution in [0.3, 0.4) is 0 Å². The van der Waals surface area contributed by atoms with Gasteiger partial charge in [-0.1, -0.05) is 36.4 Å². The normalized spacial score (nSPS) is 16.5. The first-order valence-electron chi connectivity index (χ1n) is 7.46. The highest BCUT2D eigenvalue weighted by Gasteiger charge is 2.23. The summed E-state index contributed by atoms with van der Waals surface area (Å²) in [6.07, 6.45) is 1.05. The van der Waals surface area contributed by atoms with E-state index in [4.69, 9.17) is 5.73 Å². The van der Waals surface area contributed by atoms with E-state index in [1.807, 2.05) is 12.1 Å². The third-order valence-electron chi connectivity index (χ3n) is 4.39. The van der Waals surface area contributed by atoms with Gasteiger partial charge in [0.05, 0.1) is 0 Å². The number of hydrogen-bond donors (Lipinski definition) is 1. The number of fused-ring (bicyclic) bond motifs is 1. The van der Waals surface area contributed by atoms with Crippen LogP contribution in [0.15, 0.2) is 42.5 Å². The molecule has 3 rings (SSSR count). The molecule has 0 saturated heterocycles. The summed E-state index contributed by atoms with van der Waals surface area (Å²) in [5.41, 5.74) is 10.6. The molecule has 0 aromatic heterocycles. The fourth-order valence-corrected chi connectivity index (χ4v) is 3.15. The first-order chi connectivity index (χ1) is 10.2. The van der Waals surface area contributed by atoms with Crippen molar-refractivity contribution in [2.24, 2.45) is 5.73 Å². The van der Waals surface area contributed by atoms with Crippen molar-refractivity contribution in [2.75, 3.05) is 13.1 Å². The summed E-state index contributed by atoms with van der Waals surface area (Å²) in [6, 6.07) is 14.0. The van der Waals surface area contributed by atoms with Gasteiger partial charge in [0.1, 0.15) is 5.82 Å². The molecule has 0 radical (unpaired) electrons. The molecule has 1 aliphatic heterocycles. The van der Waals surface area contributed by atoms with Crippen molar-refractivity contribution in [3.63, 3.8) is 0 Å². The van der Waals surface area contributed by atoms with E-state index in [0.717, 1.165) is 25.1 Å². The average Bonchev–Trinajstić information content (AvgIpc) is 2.51. The second-order valence-corrected chi connectivity index (χ2v) is 5.75. The highest BCUT2D eigenvalue weighted by atomic mass is 19.1. The van der Waals surface area contributed by atoms with E-state index in [0.29, 0.717) is 12.1 Å². The Morgan fingerprint density at radius 2 is 1.95 bits per heavy atom. The highest BCUT2D eigenvalue weighted by molar-refractivity contribution is 5.31. The maximum Gasteiger partial charge on any atom is 0.126 e. The van der Waals surface area contributed by atoms with Gasteiger partial charge in [-0.2, -0.15) is 0 Å². The fraction of sp³-hybridized carbons (Fsp3) is 0.333. The van der Waals surface area contributed by atoms with E-state index in [1.165, 1.54) is 11.1 Å². The van der Waals surface area contributed by atoms with Gasteiger partial charge in [-0.15, -0.1) is 0 Å². The number of aryl methyl sites for hydroxylation is 1. The van der Waals surface area contributed by atoms with Crippen LogP contribution in [0.25, 0.3) is 0 Å². The van der Waals surface area contributed by atoms with Crippen LogP contribution in [0, 0.1) is 12.7 Å². The number of nitrogens with two attached hydrogens (primary N) is 1. The van der Waals surface area contributed by atoms with Crippen molar-refractivity contribution in [3.05, 3.63) is 70.5 Å². The second kappa shape index (κ2) is 5.96. The molecule has 0 spiro atoms. The number of nitrogens with zero attached hydrogens (tertiary/aromatic N) is 1. The number of hydrogen-bond acceptors (Lipinski definition) is 2. The molecule has 110 valence electrons. The summed E-state index contributed by atoms with van der Waals surface area (Å²) in [7, 11) is 0. The van der Waals surface area contributed by atoms with Crippen LogP contribution < -0.4 is 5.73 Å². The van der Waals surface area contributed by atoms with Crippen molar-refractivity contribution in [3.8, 4) is 0 Å². The van der Waals surface area contributed by atoms with Crippen LogP contribution in [-0.4, -0.2) is 18.0 Å². The maximum absolute atomic E-state index is 13.5. The lowest BCUT2D eigenvalue weighted by atomic mass is 9.96. The van der Waals surface area contributed by atoms with Crippen molar-refractivity contribution in [1.29, 1.82) is 0 Å². The van der Waals surface area contributed by atoms with Gasteiger partial charge in [0.15, 0.2) is 0 Å². The topological polar surface area (TPSA) is 29.3 Å². The third-order valence-corrected chi connectivity index (χ3v) is 4.39. The number of halogens is 1. The average molecular weight is 284 g/mol. The third kappa shape index (κ3) is 2.85. The summed E-state index contributed by atoms with van der Waals surface area (Å²) in [4.78, 5) is 2.40. The smallest absolute Gasteiger partial charge is 0.126 e. The van der Waals surface area contributed by atoms with E-state index >= 15 is 0 Å². The van der Waals surface area contributed by atoms with Gasteiger partial charge < -0.3 is 5.73 Å². The van der Waals surface area contributed by atoms with Crippen LogP contribution in [-0.2, 0) is 13.0 Å². The van der Waals surface area contributed by atoms with Crippen LogP contribution in [0.4, 0.5) is 4.39 Å². The Kier molecular flexibility index (Phi) is 4.04. The Labute approximate surface area is 125 Å². The molecular weight excluding hydrogens is 263 g/mol. The predicted molar refractivity (Wildman–Crippen MR) is 83.5 cm³/mol. The molecule has 21 heavy (non-hydrogen) atoms. The van der Waals surface area contributed by atoms with Gasteiger partial charge in [-0.25, -0.2) is 4.39 Å². The molecule has 1 heterocycles. The molecule has 0 fully saturated rings. The second-order valence-electron chi connectivity index (χ2n) is 5.75. The van der Waals surface area contributed by atoms with Gasteiger partial charge in [0.25, 0.3) is 0 Å². The van der Waals surface area contributed by atoms with Crippen LogP contribution in [0.1, 0.15) is 28.3 Å². The Balaban J connectivity index is 1.86. The Bertz CT molecular complexity index is 639. The zero-order chi connectivity index (χ0) is 14.8. The van der Waals surface area contributed by atoms with E-state index in [2.05, 4.69) is 29.2 Å². The zero-order valence-corrected chi connectivity index (χ0v) is 12.3. The lowest BCUT2D eigenvalue weighted by Gasteiger charge is -2.35. The number of benzene rings is 2. The molecule has 3 heteroatoms. The van der Waals surface area contributed by atoms with Gasteiger partial charge in [-0.05, 0) is 41.7 Å². The van der Waals surface area contributed by atoms with Gasteiger partial charge in [-0.3, -0.25) is 4.90 Å². The van der Waals surface area contributed by atoms with E-state index in [-0.39, 0.29) is 11.9 Å². The van der Waals surface area contributed by atoms with Crippen molar-refractivity contribution < 1.29 is 4.39 Å². The Hall–Kier alpha value is -1.71. The minimum Gasteiger partial charge on any atom is -0.329 e. The predicted octanol–water partition coefficient (Wildman–Crippen LogP) is 3.19. The monoisotopic (exact) mass is 284 g/mol. The van der Waals surface area contributed by atoms with Crippen molar-refractivity contribution in [1.82, 2.24) is 4.90 Å². The van der Waals surface area contributed by atoms with Crippen LogP contribution >= 0.6 is 0 Å². The summed E-state index contributed by atoms with van der Waals surface area (Å²) >= 11 is 0. The molecule has 1 unspecified atom stereocenters. The van der Waals surface area contributed by atoms with Crippen molar-refractivity contribution in [2.45, 2.75) is 25.9 Å². The summed E-state index contributed by atoms with van der Waals surface area (Å²) in [6.45, 7) is 4.26. The van der Waals surface area contributed by atoms with E-state index in [9.17, 15) is 4.39 Å². The summed E-state index contributed by atoms with van der Waals surface area (Å²) < 4.78 is 13.5. The minimum absolute atomic E-state index is 0.151. The SMILES string of the molecule is Cc1cc(C(CN)N2CCc3ccccc3C2)ccc1F. The molecule has 0 aliphatic carbocycles. The molecule has 2 aromatic carbocycles. The summed E-state index contributed by atoms with van der Waals surface area (Å²) in [5.74, 6) is -0.154. The molecule has 2 N–H and O–H groups in total. The van der Waals surface area contributed by atoms with E-state index in [1.54, 1.807) is 13.0 Å². The van der Waals surface area contributed by atoms with E-state index < -0.39 is 0 Å². The standard InChI is InChI=1S/C18H21FN2/c1-13-10-15(6-7-17(13)19)18(11-20)21-9-8-14-4-2-3-5-16(14)12-21/h2-7,10,18H,8-9,11-12,20H2,1H3. The zero-order valence-electron chi connectivity index (χ0n) is 12.3. The lowest BCUT2D eigenvalue weighted by molar-refractivity contribution is 0.183. The number of rotatable bonds is 3. The largest absolute Gasteiger partial charge is 0.329 e. The van der Waals surface area contributed by atoms with Crippen LogP contribution in [0.2, 0.25) is 0 Å². The molecule has 1 aliphatic rings. The van der Waals surface area contributed by atoms with Crippen LogP contribution in [0.5, 0.6) is 0 Å². The Morgan fingerprint density at radius 3 is 2.67 bits per heavy atom. The van der Waals surface area contributed by atoms with Gasteiger partial charge >= 0.3 is 0 Å². The van der Waals surface area contributed by atoms with Gasteiger partial charge in [0.2, 0.25) is 0 Å².